The van der Waals surface area contributed by atoms with Crippen LogP contribution in [0.2, 0.25) is 0 Å². The predicted octanol–water partition coefficient (Wildman–Crippen LogP) is 5.76. The first kappa shape index (κ1) is 21.2. The molecule has 0 aliphatic carbocycles. The summed E-state index contributed by atoms with van der Waals surface area (Å²) in [4.78, 5) is 14.9. The fourth-order valence-electron chi connectivity index (χ4n) is 4.28. The normalized spacial score (nSPS) is 15.1. The molecule has 1 aliphatic rings. The maximum Gasteiger partial charge on any atom is 0.242 e. The van der Waals surface area contributed by atoms with E-state index in [1.54, 1.807) is 0 Å². The van der Waals surface area contributed by atoms with Crippen LogP contribution in [0.4, 0.5) is 5.69 Å². The molecule has 3 nitrogen and oxygen atoms in total. The van der Waals surface area contributed by atoms with Crippen molar-refractivity contribution < 1.29 is 4.79 Å². The number of benzene rings is 3. The molecule has 1 N–H and O–H groups in total. The third-order valence-corrected chi connectivity index (χ3v) is 6.18. The molecule has 0 bridgehead atoms. The molecule has 0 fully saturated rings. The summed E-state index contributed by atoms with van der Waals surface area (Å²) in [5.74, 6) is 0.399. The van der Waals surface area contributed by atoms with Gasteiger partial charge in [0.1, 0.15) is 0 Å². The summed E-state index contributed by atoms with van der Waals surface area (Å²) in [6.07, 6.45) is 0.910. The number of hydrogen-bond donors (Lipinski definition) is 1. The number of carbonyl (C=O) groups is 1. The standard InChI is InChI=1S/C28H32N2O/c1-28(2,3)25-15-13-21(14-16-25)17-24(22-9-5-4-6-10-22)20-30-19-23-11-7-8-12-26(23)29-18-27(30)31/h4-16,24,29H,17-20H2,1-3H3. The Kier molecular flexibility index (Phi) is 6.13. The van der Waals surface area contributed by atoms with Gasteiger partial charge in [-0.2, -0.15) is 0 Å². The number of para-hydroxylation sites is 1. The highest BCUT2D eigenvalue weighted by atomic mass is 16.2. The lowest BCUT2D eigenvalue weighted by atomic mass is 9.85. The first-order valence-electron chi connectivity index (χ1n) is 11.1. The smallest absolute Gasteiger partial charge is 0.242 e. The number of anilines is 1. The van der Waals surface area contributed by atoms with Gasteiger partial charge in [0, 0.05) is 24.7 Å². The van der Waals surface area contributed by atoms with Crippen molar-refractivity contribution in [3.63, 3.8) is 0 Å². The molecule has 0 radical (unpaired) electrons. The molecule has 0 saturated heterocycles. The van der Waals surface area contributed by atoms with Gasteiger partial charge in [0.05, 0.1) is 6.54 Å². The zero-order chi connectivity index (χ0) is 21.8. The van der Waals surface area contributed by atoms with Gasteiger partial charge < -0.3 is 10.2 Å². The Balaban J connectivity index is 1.58. The van der Waals surface area contributed by atoms with E-state index in [-0.39, 0.29) is 17.2 Å². The van der Waals surface area contributed by atoms with Crippen molar-refractivity contribution in [3.05, 3.63) is 101 Å². The van der Waals surface area contributed by atoms with Crippen LogP contribution in [0.1, 0.15) is 48.9 Å². The van der Waals surface area contributed by atoms with E-state index >= 15 is 0 Å². The average Bonchev–Trinajstić information content (AvgIpc) is 2.92. The van der Waals surface area contributed by atoms with Gasteiger partial charge in [-0.3, -0.25) is 4.79 Å². The van der Waals surface area contributed by atoms with Crippen LogP contribution < -0.4 is 5.32 Å². The van der Waals surface area contributed by atoms with Crippen LogP contribution in [0.15, 0.2) is 78.9 Å². The molecule has 3 aromatic rings. The van der Waals surface area contributed by atoms with Crippen molar-refractivity contribution >= 4 is 11.6 Å². The number of hydrogen-bond acceptors (Lipinski definition) is 2. The Morgan fingerprint density at radius 2 is 1.58 bits per heavy atom. The van der Waals surface area contributed by atoms with Crippen LogP contribution in [0.3, 0.4) is 0 Å². The molecule has 1 atom stereocenters. The lowest BCUT2D eigenvalue weighted by Gasteiger charge is -2.27. The SMILES string of the molecule is CC(C)(C)c1ccc(CC(CN2Cc3ccccc3NCC2=O)c2ccccc2)cc1. The summed E-state index contributed by atoms with van der Waals surface area (Å²) in [5, 5.41) is 3.30. The van der Waals surface area contributed by atoms with E-state index in [2.05, 4.69) is 92.8 Å². The number of fused-ring (bicyclic) bond motifs is 1. The maximum atomic E-state index is 12.9. The topological polar surface area (TPSA) is 32.3 Å². The summed E-state index contributed by atoms with van der Waals surface area (Å²) in [6, 6.07) is 27.8. The summed E-state index contributed by atoms with van der Waals surface area (Å²) < 4.78 is 0. The Morgan fingerprint density at radius 3 is 2.29 bits per heavy atom. The van der Waals surface area contributed by atoms with Gasteiger partial charge in [0.25, 0.3) is 0 Å². The molecule has 3 aromatic carbocycles. The van der Waals surface area contributed by atoms with Crippen molar-refractivity contribution in [1.82, 2.24) is 4.90 Å². The van der Waals surface area contributed by atoms with Gasteiger partial charge in [0.2, 0.25) is 5.91 Å². The zero-order valence-electron chi connectivity index (χ0n) is 18.8. The molecule has 0 saturated carbocycles. The lowest BCUT2D eigenvalue weighted by molar-refractivity contribution is -0.130. The van der Waals surface area contributed by atoms with Gasteiger partial charge in [0.15, 0.2) is 0 Å². The number of nitrogens with zero attached hydrogens (tertiary/aromatic N) is 1. The fraction of sp³-hybridized carbons (Fsp3) is 0.321. The van der Waals surface area contributed by atoms with Crippen molar-refractivity contribution in [2.45, 2.75) is 45.1 Å². The Bertz CT molecular complexity index is 1020. The van der Waals surface area contributed by atoms with Crippen LogP contribution in [0.25, 0.3) is 0 Å². The minimum atomic E-state index is 0.149. The Labute approximate surface area is 186 Å². The van der Waals surface area contributed by atoms with Gasteiger partial charge >= 0.3 is 0 Å². The summed E-state index contributed by atoms with van der Waals surface area (Å²) in [6.45, 7) is 8.43. The largest absolute Gasteiger partial charge is 0.376 e. The van der Waals surface area contributed by atoms with Crippen LogP contribution in [-0.4, -0.2) is 23.9 Å². The molecule has 0 spiro atoms. The minimum Gasteiger partial charge on any atom is -0.376 e. The molecule has 160 valence electrons. The number of rotatable bonds is 5. The Hall–Kier alpha value is -3.07. The first-order chi connectivity index (χ1) is 14.9. The predicted molar refractivity (Wildman–Crippen MR) is 128 cm³/mol. The second kappa shape index (κ2) is 8.97. The maximum absolute atomic E-state index is 12.9. The van der Waals surface area contributed by atoms with Crippen molar-refractivity contribution in [2.24, 2.45) is 0 Å². The molecule has 1 heterocycles. The highest BCUT2D eigenvalue weighted by molar-refractivity contribution is 5.82. The van der Waals surface area contributed by atoms with Gasteiger partial charge in [-0.15, -0.1) is 0 Å². The monoisotopic (exact) mass is 412 g/mol. The minimum absolute atomic E-state index is 0.149. The lowest BCUT2D eigenvalue weighted by Crippen LogP contribution is -2.36. The van der Waals surface area contributed by atoms with Gasteiger partial charge in [-0.05, 0) is 40.2 Å². The second-order valence-electron chi connectivity index (χ2n) is 9.54. The van der Waals surface area contributed by atoms with Crippen LogP contribution in [0.5, 0.6) is 0 Å². The fourth-order valence-corrected chi connectivity index (χ4v) is 4.28. The van der Waals surface area contributed by atoms with E-state index in [1.807, 2.05) is 17.0 Å². The summed E-state index contributed by atoms with van der Waals surface area (Å²) in [7, 11) is 0. The molecular weight excluding hydrogens is 380 g/mol. The van der Waals surface area contributed by atoms with E-state index < -0.39 is 0 Å². The molecule has 31 heavy (non-hydrogen) atoms. The van der Waals surface area contributed by atoms with Crippen molar-refractivity contribution in [2.75, 3.05) is 18.4 Å². The first-order valence-corrected chi connectivity index (χ1v) is 11.1. The van der Waals surface area contributed by atoms with Crippen LogP contribution in [-0.2, 0) is 23.2 Å². The van der Waals surface area contributed by atoms with E-state index in [0.717, 1.165) is 12.1 Å². The second-order valence-corrected chi connectivity index (χ2v) is 9.54. The summed E-state index contributed by atoms with van der Waals surface area (Å²) >= 11 is 0. The number of carbonyl (C=O) groups excluding carboxylic acids is 1. The molecule has 4 rings (SSSR count). The van der Waals surface area contributed by atoms with E-state index in [0.29, 0.717) is 19.6 Å². The molecule has 3 heteroatoms. The van der Waals surface area contributed by atoms with Gasteiger partial charge in [-0.25, -0.2) is 0 Å². The number of amides is 1. The zero-order valence-corrected chi connectivity index (χ0v) is 18.8. The van der Waals surface area contributed by atoms with Crippen LogP contribution >= 0.6 is 0 Å². The molecular formula is C28H32N2O. The van der Waals surface area contributed by atoms with Crippen molar-refractivity contribution in [3.8, 4) is 0 Å². The molecule has 1 unspecified atom stereocenters. The third kappa shape index (κ3) is 5.16. The Morgan fingerprint density at radius 1 is 0.903 bits per heavy atom. The van der Waals surface area contributed by atoms with Crippen LogP contribution in [0, 0.1) is 0 Å². The number of nitrogens with one attached hydrogen (secondary N) is 1. The quantitative estimate of drug-likeness (QED) is 0.577. The molecule has 0 aromatic heterocycles. The molecule has 1 aliphatic heterocycles. The van der Waals surface area contributed by atoms with E-state index in [9.17, 15) is 4.79 Å². The highest BCUT2D eigenvalue weighted by Gasteiger charge is 2.24. The van der Waals surface area contributed by atoms with Crippen molar-refractivity contribution in [1.29, 1.82) is 0 Å². The van der Waals surface area contributed by atoms with Gasteiger partial charge in [-0.1, -0.05) is 93.6 Å². The third-order valence-electron chi connectivity index (χ3n) is 6.18. The molecule has 1 amide bonds. The van der Waals surface area contributed by atoms with E-state index in [4.69, 9.17) is 0 Å². The summed E-state index contributed by atoms with van der Waals surface area (Å²) in [5.41, 5.74) is 6.32. The van der Waals surface area contributed by atoms with E-state index in [1.165, 1.54) is 22.3 Å². The highest BCUT2D eigenvalue weighted by Crippen LogP contribution is 2.28. The average molecular weight is 413 g/mol.